The van der Waals surface area contributed by atoms with Gasteiger partial charge in [0.25, 0.3) is 5.56 Å². The van der Waals surface area contributed by atoms with Crippen molar-refractivity contribution in [2.75, 3.05) is 6.54 Å². The van der Waals surface area contributed by atoms with Crippen molar-refractivity contribution in [1.82, 2.24) is 19.7 Å². The molecule has 1 saturated carbocycles. The smallest absolute Gasteiger partial charge is 0.327 e. The fourth-order valence-electron chi connectivity index (χ4n) is 2.28. The van der Waals surface area contributed by atoms with Crippen LogP contribution in [0.5, 0.6) is 0 Å². The molecule has 5 N–H and O–H groups in total. The van der Waals surface area contributed by atoms with Crippen molar-refractivity contribution in [3.8, 4) is 0 Å². The lowest BCUT2D eigenvalue weighted by Gasteiger charge is -2.16. The van der Waals surface area contributed by atoms with Crippen LogP contribution in [0.15, 0.2) is 26.7 Å². The number of H-pyrrole nitrogens is 2. The fourth-order valence-corrected chi connectivity index (χ4v) is 3.57. The topological polar surface area (TPSA) is 151 Å². The Morgan fingerprint density at radius 2 is 2.09 bits per heavy atom. The van der Waals surface area contributed by atoms with E-state index in [0.717, 1.165) is 19.0 Å². The molecule has 0 spiro atoms. The number of aromatic amines is 2. The summed E-state index contributed by atoms with van der Waals surface area (Å²) in [7, 11) is -3.83. The maximum absolute atomic E-state index is 12.4. The molecular weight excluding hydrogens is 310 g/mol. The van der Waals surface area contributed by atoms with Crippen LogP contribution in [0, 0.1) is 5.92 Å². The van der Waals surface area contributed by atoms with Crippen molar-refractivity contribution in [3.63, 3.8) is 0 Å². The maximum atomic E-state index is 12.4. The highest BCUT2D eigenvalue weighted by molar-refractivity contribution is 7.89. The molecule has 118 valence electrons. The van der Waals surface area contributed by atoms with Gasteiger partial charge in [-0.3, -0.25) is 14.8 Å². The molecule has 9 nitrogen and oxygen atoms in total. The van der Waals surface area contributed by atoms with Gasteiger partial charge in [-0.15, -0.1) is 0 Å². The number of nitrogens with two attached hydrogens (primary N) is 1. The van der Waals surface area contributed by atoms with Crippen molar-refractivity contribution < 1.29 is 8.42 Å². The Labute approximate surface area is 125 Å². The van der Waals surface area contributed by atoms with Crippen LogP contribution in [0.3, 0.4) is 0 Å². The number of aromatic nitrogens is 3. The molecule has 1 atom stereocenters. The SMILES string of the molecule is NCC(NS(=O)(=O)c1cnc2[nH]c(=O)[nH]c(=O)c2c1)C1CC1. The first-order valence-corrected chi connectivity index (χ1v) is 8.24. The molecule has 1 aliphatic carbocycles. The maximum Gasteiger partial charge on any atom is 0.327 e. The van der Waals surface area contributed by atoms with E-state index < -0.39 is 21.3 Å². The minimum Gasteiger partial charge on any atom is -0.329 e. The van der Waals surface area contributed by atoms with Gasteiger partial charge in [-0.1, -0.05) is 0 Å². The average Bonchev–Trinajstić information content (AvgIpc) is 3.28. The summed E-state index contributed by atoms with van der Waals surface area (Å²) in [5.41, 5.74) is 4.23. The third-order valence-corrected chi connectivity index (χ3v) is 5.08. The van der Waals surface area contributed by atoms with Crippen molar-refractivity contribution >= 4 is 21.1 Å². The van der Waals surface area contributed by atoms with Crippen LogP contribution < -0.4 is 21.7 Å². The second-order valence-electron chi connectivity index (χ2n) is 5.28. The molecule has 0 amide bonds. The standard InChI is InChI=1S/C12H15N5O4S/c13-4-9(6-1-2-6)17-22(20,21)7-3-8-10(14-5-7)15-12(19)16-11(8)18/h3,5-6,9,17H,1-2,4,13H2,(H2,14,15,16,18,19). The number of fused-ring (bicyclic) bond motifs is 1. The van der Waals surface area contributed by atoms with E-state index in [2.05, 4.69) is 14.7 Å². The molecule has 1 fully saturated rings. The molecule has 0 radical (unpaired) electrons. The van der Waals surface area contributed by atoms with Gasteiger partial charge in [-0.05, 0) is 24.8 Å². The predicted octanol–water partition coefficient (Wildman–Crippen LogP) is -1.37. The second kappa shape index (κ2) is 5.30. The Hall–Kier alpha value is -2.04. The molecule has 0 bridgehead atoms. The molecular formula is C12H15N5O4S. The van der Waals surface area contributed by atoms with Crippen molar-refractivity contribution in [2.24, 2.45) is 11.7 Å². The number of pyridine rings is 1. The number of sulfonamides is 1. The number of hydrogen-bond donors (Lipinski definition) is 4. The van der Waals surface area contributed by atoms with E-state index in [1.165, 1.54) is 6.07 Å². The minimum atomic E-state index is -3.83. The molecule has 2 aromatic rings. The average molecular weight is 325 g/mol. The van der Waals surface area contributed by atoms with Gasteiger partial charge < -0.3 is 5.73 Å². The highest BCUT2D eigenvalue weighted by Crippen LogP contribution is 2.32. The number of nitrogens with zero attached hydrogens (tertiary/aromatic N) is 1. The zero-order valence-electron chi connectivity index (χ0n) is 11.5. The van der Waals surface area contributed by atoms with Gasteiger partial charge in [-0.25, -0.2) is 22.9 Å². The Morgan fingerprint density at radius 1 is 1.36 bits per heavy atom. The molecule has 2 heterocycles. The molecule has 0 aromatic carbocycles. The molecule has 1 unspecified atom stereocenters. The zero-order valence-corrected chi connectivity index (χ0v) is 12.3. The summed E-state index contributed by atoms with van der Waals surface area (Å²) >= 11 is 0. The quantitative estimate of drug-likeness (QED) is 0.532. The van der Waals surface area contributed by atoms with Crippen molar-refractivity contribution in [2.45, 2.75) is 23.8 Å². The highest BCUT2D eigenvalue weighted by Gasteiger charge is 2.33. The van der Waals surface area contributed by atoms with Crippen molar-refractivity contribution in [1.29, 1.82) is 0 Å². The van der Waals surface area contributed by atoms with E-state index >= 15 is 0 Å². The third-order valence-electron chi connectivity index (χ3n) is 3.63. The van der Waals surface area contributed by atoms with Crippen LogP contribution in [0.2, 0.25) is 0 Å². The largest absolute Gasteiger partial charge is 0.329 e. The summed E-state index contributed by atoms with van der Waals surface area (Å²) in [6.45, 7) is 0.207. The Morgan fingerprint density at radius 3 is 2.73 bits per heavy atom. The lowest BCUT2D eigenvalue weighted by Crippen LogP contribution is -2.41. The summed E-state index contributed by atoms with van der Waals surface area (Å²) in [5.74, 6) is 0.257. The highest BCUT2D eigenvalue weighted by atomic mass is 32.2. The predicted molar refractivity (Wildman–Crippen MR) is 78.9 cm³/mol. The van der Waals surface area contributed by atoms with Crippen LogP contribution >= 0.6 is 0 Å². The molecule has 3 rings (SSSR count). The number of nitrogens with one attached hydrogen (secondary N) is 3. The number of rotatable bonds is 5. The summed E-state index contributed by atoms with van der Waals surface area (Å²) in [5, 5.41) is -0.00167. The van der Waals surface area contributed by atoms with E-state index in [4.69, 9.17) is 5.73 Å². The molecule has 0 aliphatic heterocycles. The first kappa shape index (κ1) is 14.9. The fraction of sp³-hybridized carbons (Fsp3) is 0.417. The van der Waals surface area contributed by atoms with Gasteiger partial charge in [-0.2, -0.15) is 0 Å². The van der Waals surface area contributed by atoms with Crippen LogP contribution in [0.25, 0.3) is 11.0 Å². The van der Waals surface area contributed by atoms with Gasteiger partial charge in [0, 0.05) is 18.8 Å². The lowest BCUT2D eigenvalue weighted by molar-refractivity contribution is 0.519. The molecule has 2 aromatic heterocycles. The van der Waals surface area contributed by atoms with Gasteiger partial charge in [0.2, 0.25) is 10.0 Å². The van der Waals surface area contributed by atoms with E-state index in [1.54, 1.807) is 0 Å². The number of hydrogen-bond acceptors (Lipinski definition) is 6. The lowest BCUT2D eigenvalue weighted by atomic mass is 10.2. The second-order valence-corrected chi connectivity index (χ2v) is 6.99. The van der Waals surface area contributed by atoms with Gasteiger partial charge >= 0.3 is 5.69 Å². The molecule has 22 heavy (non-hydrogen) atoms. The van der Waals surface area contributed by atoms with Crippen LogP contribution in [-0.2, 0) is 10.0 Å². The van der Waals surface area contributed by atoms with Gasteiger partial charge in [0.05, 0.1) is 5.39 Å². The molecule has 10 heteroatoms. The summed E-state index contributed by atoms with van der Waals surface area (Å²) in [6.07, 6.45) is 2.99. The van der Waals surface area contributed by atoms with Crippen LogP contribution in [-0.4, -0.2) is 36.0 Å². The van der Waals surface area contributed by atoms with E-state index in [1.807, 2.05) is 4.98 Å². The van der Waals surface area contributed by atoms with Crippen LogP contribution in [0.4, 0.5) is 0 Å². The van der Waals surface area contributed by atoms with E-state index in [0.29, 0.717) is 0 Å². The Kier molecular flexibility index (Phi) is 3.59. The zero-order chi connectivity index (χ0) is 15.9. The first-order chi connectivity index (χ1) is 10.4. The Balaban J connectivity index is 2.01. The van der Waals surface area contributed by atoms with E-state index in [9.17, 15) is 18.0 Å². The first-order valence-electron chi connectivity index (χ1n) is 6.75. The monoisotopic (exact) mass is 325 g/mol. The molecule has 0 saturated heterocycles. The summed E-state index contributed by atoms with van der Waals surface area (Å²) in [4.78, 5) is 30.9. The van der Waals surface area contributed by atoms with Gasteiger partial charge in [0.1, 0.15) is 10.5 Å². The third kappa shape index (κ3) is 2.80. The summed E-state index contributed by atoms with van der Waals surface area (Å²) < 4.78 is 27.3. The van der Waals surface area contributed by atoms with Gasteiger partial charge in [0.15, 0.2) is 0 Å². The molecule has 1 aliphatic rings. The van der Waals surface area contributed by atoms with Crippen molar-refractivity contribution in [3.05, 3.63) is 33.1 Å². The van der Waals surface area contributed by atoms with E-state index in [-0.39, 0.29) is 34.4 Å². The van der Waals surface area contributed by atoms with Crippen LogP contribution in [0.1, 0.15) is 12.8 Å². The normalized spacial score (nSPS) is 16.8. The summed E-state index contributed by atoms with van der Waals surface area (Å²) in [6, 6.07) is 0.856. The minimum absolute atomic E-state index is 0.00167. The Bertz CT molecular complexity index is 928.